The number of amides is 2. The van der Waals surface area contributed by atoms with Crippen LogP contribution in [-0.2, 0) is 6.54 Å². The maximum atomic E-state index is 14.4. The summed E-state index contributed by atoms with van der Waals surface area (Å²) in [5, 5.41) is 9.69. The van der Waals surface area contributed by atoms with E-state index in [2.05, 4.69) is 25.7 Å². The van der Waals surface area contributed by atoms with Gasteiger partial charge in [-0.3, -0.25) is 14.6 Å². The molecule has 5 rings (SSSR count). The number of pyridine rings is 1. The average Bonchev–Trinajstić information content (AvgIpc) is 3.44. The van der Waals surface area contributed by atoms with E-state index in [-0.39, 0.29) is 11.3 Å². The molecule has 1 fully saturated rings. The lowest BCUT2D eigenvalue weighted by atomic mass is 10.0. The second-order valence-corrected chi connectivity index (χ2v) is 9.35. The van der Waals surface area contributed by atoms with Gasteiger partial charge in [-0.15, -0.1) is 0 Å². The minimum Gasteiger partial charge on any atom is -0.371 e. The normalized spacial score (nSPS) is 13.3. The highest BCUT2D eigenvalue weighted by Gasteiger charge is 2.18. The van der Waals surface area contributed by atoms with Gasteiger partial charge in [0, 0.05) is 60.6 Å². The molecular formula is C29H28FN5O3. The summed E-state index contributed by atoms with van der Waals surface area (Å²) >= 11 is 0. The molecule has 0 spiro atoms. The average molecular weight is 514 g/mol. The van der Waals surface area contributed by atoms with Crippen molar-refractivity contribution in [2.45, 2.75) is 32.7 Å². The van der Waals surface area contributed by atoms with Crippen LogP contribution in [0, 0.1) is 12.7 Å². The fraction of sp³-hybridized carbons (Fsp3) is 0.241. The highest BCUT2D eigenvalue weighted by Crippen LogP contribution is 2.28. The summed E-state index contributed by atoms with van der Waals surface area (Å²) in [6, 6.07) is 15.0. The molecule has 8 nitrogen and oxygen atoms in total. The molecular weight excluding hydrogens is 485 g/mol. The van der Waals surface area contributed by atoms with Crippen molar-refractivity contribution in [2.75, 3.05) is 23.3 Å². The number of aromatic nitrogens is 2. The number of carbonyl (C=O) groups excluding carboxylic acids is 2. The first-order valence-electron chi connectivity index (χ1n) is 12.6. The van der Waals surface area contributed by atoms with Crippen molar-refractivity contribution < 1.29 is 18.5 Å². The number of benzene rings is 2. The lowest BCUT2D eigenvalue weighted by Crippen LogP contribution is -2.29. The number of aryl methyl sites for hydroxylation is 1. The first kappa shape index (κ1) is 25.1. The molecule has 0 unspecified atom stereocenters. The highest BCUT2D eigenvalue weighted by molar-refractivity contribution is 6.05. The third-order valence-corrected chi connectivity index (χ3v) is 6.55. The molecule has 2 N–H and O–H groups in total. The summed E-state index contributed by atoms with van der Waals surface area (Å²) in [4.78, 5) is 31.7. The van der Waals surface area contributed by atoms with Crippen LogP contribution in [-0.4, -0.2) is 35.0 Å². The van der Waals surface area contributed by atoms with Crippen LogP contribution in [0.1, 0.15) is 51.3 Å². The Morgan fingerprint density at radius 2 is 1.87 bits per heavy atom. The van der Waals surface area contributed by atoms with Crippen molar-refractivity contribution in [2.24, 2.45) is 0 Å². The number of halogens is 1. The minimum absolute atomic E-state index is 0.0720. The van der Waals surface area contributed by atoms with Crippen molar-refractivity contribution in [3.63, 3.8) is 0 Å². The smallest absolute Gasteiger partial charge is 0.290 e. The summed E-state index contributed by atoms with van der Waals surface area (Å²) in [5.74, 6) is -1.18. The number of hydrogen-bond donors (Lipinski definition) is 2. The van der Waals surface area contributed by atoms with Gasteiger partial charge in [-0.2, -0.15) is 0 Å². The van der Waals surface area contributed by atoms with Gasteiger partial charge in [0.25, 0.3) is 11.8 Å². The predicted octanol–water partition coefficient (Wildman–Crippen LogP) is 5.36. The van der Waals surface area contributed by atoms with Crippen LogP contribution < -0.4 is 15.5 Å². The Hall–Kier alpha value is -4.53. The number of hydrogen-bond acceptors (Lipinski definition) is 6. The lowest BCUT2D eigenvalue weighted by molar-refractivity contribution is 0.0913. The molecule has 4 aromatic rings. The predicted molar refractivity (Wildman–Crippen MR) is 143 cm³/mol. The van der Waals surface area contributed by atoms with Crippen molar-refractivity contribution >= 4 is 23.2 Å². The lowest BCUT2D eigenvalue weighted by Gasteiger charge is -2.29. The summed E-state index contributed by atoms with van der Waals surface area (Å²) in [5.41, 5.74) is 4.40. The Morgan fingerprint density at radius 1 is 1.03 bits per heavy atom. The Balaban J connectivity index is 1.29. The van der Waals surface area contributed by atoms with Gasteiger partial charge in [0.15, 0.2) is 0 Å². The highest BCUT2D eigenvalue weighted by atomic mass is 19.1. The maximum absolute atomic E-state index is 14.4. The minimum atomic E-state index is -0.445. The Kier molecular flexibility index (Phi) is 7.44. The first-order valence-corrected chi connectivity index (χ1v) is 12.6. The molecule has 0 bridgehead atoms. The second kappa shape index (κ2) is 11.2. The molecule has 1 aliphatic rings. The van der Waals surface area contributed by atoms with Crippen LogP contribution >= 0.6 is 0 Å². The van der Waals surface area contributed by atoms with Gasteiger partial charge in [-0.25, -0.2) is 4.39 Å². The number of rotatable bonds is 7. The molecule has 0 atom stereocenters. The van der Waals surface area contributed by atoms with Gasteiger partial charge >= 0.3 is 0 Å². The SMILES string of the molecule is Cc1ccc(NC(=O)c2cc(F)cc(N3CCCCC3)c2)cc1-c1cc(C(=O)NCc2cccnc2)on1. The molecule has 3 heterocycles. The Morgan fingerprint density at radius 3 is 2.66 bits per heavy atom. The van der Waals surface area contributed by atoms with Crippen molar-refractivity contribution in [1.82, 2.24) is 15.5 Å². The van der Waals surface area contributed by atoms with Gasteiger partial charge in [-0.1, -0.05) is 17.3 Å². The maximum Gasteiger partial charge on any atom is 0.290 e. The van der Waals surface area contributed by atoms with Crippen LogP contribution in [0.3, 0.4) is 0 Å². The summed E-state index contributed by atoms with van der Waals surface area (Å²) in [6.07, 6.45) is 6.61. The van der Waals surface area contributed by atoms with Gasteiger partial charge in [0.05, 0.1) is 0 Å². The van der Waals surface area contributed by atoms with Gasteiger partial charge in [0.1, 0.15) is 11.5 Å². The first-order chi connectivity index (χ1) is 18.5. The Bertz CT molecular complexity index is 1450. The Labute approximate surface area is 219 Å². The molecule has 0 saturated carbocycles. The third-order valence-electron chi connectivity index (χ3n) is 6.55. The third kappa shape index (κ3) is 5.88. The fourth-order valence-electron chi connectivity index (χ4n) is 4.50. The van der Waals surface area contributed by atoms with Crippen LogP contribution in [0.15, 0.2) is 71.5 Å². The van der Waals surface area contributed by atoms with Gasteiger partial charge in [-0.05, 0) is 73.7 Å². The van der Waals surface area contributed by atoms with E-state index >= 15 is 0 Å². The van der Waals surface area contributed by atoms with E-state index in [0.29, 0.717) is 23.5 Å². The van der Waals surface area contributed by atoms with E-state index in [1.165, 1.54) is 12.1 Å². The van der Waals surface area contributed by atoms with E-state index in [1.54, 1.807) is 42.7 Å². The molecule has 1 saturated heterocycles. The van der Waals surface area contributed by atoms with Crippen molar-refractivity contribution in [3.05, 3.63) is 95.3 Å². The summed E-state index contributed by atoms with van der Waals surface area (Å²) in [7, 11) is 0. The zero-order valence-electron chi connectivity index (χ0n) is 21.0. The molecule has 0 aliphatic carbocycles. The number of anilines is 2. The van der Waals surface area contributed by atoms with E-state index in [9.17, 15) is 14.0 Å². The monoisotopic (exact) mass is 513 g/mol. The molecule has 38 heavy (non-hydrogen) atoms. The van der Waals surface area contributed by atoms with Crippen LogP contribution in [0.25, 0.3) is 11.3 Å². The quantitative estimate of drug-likeness (QED) is 0.345. The van der Waals surface area contributed by atoms with E-state index < -0.39 is 17.6 Å². The molecule has 2 amide bonds. The standard InChI is InChI=1S/C29H28FN5O3/c1-19-7-8-23(33-28(36)21-12-22(30)14-24(13-21)35-10-3-2-4-11-35)15-25(19)26-16-27(38-34-26)29(37)32-18-20-6-5-9-31-17-20/h5-9,12-17H,2-4,10-11,18H2,1H3,(H,32,37)(H,33,36). The number of piperidine rings is 1. The number of carbonyl (C=O) groups is 2. The van der Waals surface area contributed by atoms with E-state index in [4.69, 9.17) is 4.52 Å². The van der Waals surface area contributed by atoms with Crippen LogP contribution in [0.5, 0.6) is 0 Å². The number of nitrogens with zero attached hydrogens (tertiary/aromatic N) is 3. The van der Waals surface area contributed by atoms with Crippen LogP contribution in [0.2, 0.25) is 0 Å². The summed E-state index contributed by atoms with van der Waals surface area (Å²) in [6.45, 7) is 3.91. The van der Waals surface area contributed by atoms with E-state index in [1.807, 2.05) is 19.1 Å². The fourth-order valence-corrected chi connectivity index (χ4v) is 4.50. The number of nitrogens with one attached hydrogen (secondary N) is 2. The zero-order chi connectivity index (χ0) is 26.5. The zero-order valence-corrected chi connectivity index (χ0v) is 21.0. The van der Waals surface area contributed by atoms with Gasteiger partial charge < -0.3 is 20.1 Å². The van der Waals surface area contributed by atoms with Crippen molar-refractivity contribution in [3.8, 4) is 11.3 Å². The molecule has 2 aromatic heterocycles. The largest absolute Gasteiger partial charge is 0.371 e. The topological polar surface area (TPSA) is 100 Å². The molecule has 194 valence electrons. The molecule has 1 aliphatic heterocycles. The van der Waals surface area contributed by atoms with Crippen molar-refractivity contribution in [1.29, 1.82) is 0 Å². The van der Waals surface area contributed by atoms with Crippen LogP contribution in [0.4, 0.5) is 15.8 Å². The van der Waals surface area contributed by atoms with Gasteiger partial charge in [0.2, 0.25) is 5.76 Å². The second-order valence-electron chi connectivity index (χ2n) is 9.35. The molecule has 0 radical (unpaired) electrons. The summed E-state index contributed by atoms with van der Waals surface area (Å²) < 4.78 is 19.7. The molecule has 2 aromatic carbocycles. The molecule has 9 heteroatoms. The van der Waals surface area contributed by atoms with E-state index in [0.717, 1.165) is 49.2 Å².